The standard InChI is InChI=1S/C11H14BNO3/c1-10(2)11(3,4)16-12(15-10)9-8(7-13)5-6-14-9/h5-6H,1-4H3. The summed E-state index contributed by atoms with van der Waals surface area (Å²) in [6.07, 6.45) is 1.47. The quantitative estimate of drug-likeness (QED) is 0.670. The van der Waals surface area contributed by atoms with Crippen molar-refractivity contribution < 1.29 is 13.7 Å². The third kappa shape index (κ3) is 1.55. The van der Waals surface area contributed by atoms with Crippen molar-refractivity contribution in [2.75, 3.05) is 0 Å². The number of hydrogen-bond donors (Lipinski definition) is 0. The van der Waals surface area contributed by atoms with Gasteiger partial charge in [-0.2, -0.15) is 5.26 Å². The van der Waals surface area contributed by atoms with E-state index in [1.165, 1.54) is 6.26 Å². The minimum atomic E-state index is -0.602. The zero-order valence-electron chi connectivity index (χ0n) is 9.90. The molecule has 1 fully saturated rings. The van der Waals surface area contributed by atoms with E-state index in [-0.39, 0.29) is 0 Å². The fourth-order valence-electron chi connectivity index (χ4n) is 1.55. The molecule has 1 saturated heterocycles. The van der Waals surface area contributed by atoms with Gasteiger partial charge in [-0.1, -0.05) is 0 Å². The van der Waals surface area contributed by atoms with Crippen molar-refractivity contribution in [3.8, 4) is 6.07 Å². The molecule has 2 rings (SSSR count). The van der Waals surface area contributed by atoms with Gasteiger partial charge in [0.05, 0.1) is 23.0 Å². The summed E-state index contributed by atoms with van der Waals surface area (Å²) in [6, 6.07) is 3.66. The van der Waals surface area contributed by atoms with Gasteiger partial charge >= 0.3 is 7.12 Å². The Morgan fingerprint density at radius 3 is 2.25 bits per heavy atom. The summed E-state index contributed by atoms with van der Waals surface area (Å²) in [4.78, 5) is 0. The van der Waals surface area contributed by atoms with Crippen LogP contribution in [-0.4, -0.2) is 18.3 Å². The number of nitriles is 1. The van der Waals surface area contributed by atoms with Crippen LogP contribution < -0.4 is 5.66 Å². The molecule has 1 aliphatic rings. The first-order valence-corrected chi connectivity index (χ1v) is 5.20. The minimum absolute atomic E-state index is 0.419. The summed E-state index contributed by atoms with van der Waals surface area (Å²) in [7, 11) is -0.602. The molecule has 0 atom stereocenters. The zero-order valence-corrected chi connectivity index (χ0v) is 9.90. The Labute approximate surface area is 95.3 Å². The van der Waals surface area contributed by atoms with Crippen LogP contribution in [0.2, 0.25) is 0 Å². The molecule has 0 bridgehead atoms. The molecule has 0 aromatic carbocycles. The van der Waals surface area contributed by atoms with Crippen molar-refractivity contribution in [3.63, 3.8) is 0 Å². The van der Waals surface area contributed by atoms with E-state index in [0.717, 1.165) is 0 Å². The number of nitrogens with zero attached hydrogens (tertiary/aromatic N) is 1. The lowest BCUT2D eigenvalue weighted by atomic mass is 9.83. The maximum Gasteiger partial charge on any atom is 0.534 e. The van der Waals surface area contributed by atoms with E-state index >= 15 is 0 Å². The van der Waals surface area contributed by atoms with Crippen molar-refractivity contribution in [1.82, 2.24) is 0 Å². The minimum Gasteiger partial charge on any atom is -0.471 e. The second-order valence-electron chi connectivity index (χ2n) is 4.90. The summed E-state index contributed by atoms with van der Waals surface area (Å²) < 4.78 is 16.8. The maximum absolute atomic E-state index is 8.91. The van der Waals surface area contributed by atoms with Crippen molar-refractivity contribution in [1.29, 1.82) is 5.26 Å². The Hall–Kier alpha value is -1.25. The van der Waals surface area contributed by atoms with Crippen molar-refractivity contribution >= 4 is 12.8 Å². The van der Waals surface area contributed by atoms with Gasteiger partial charge in [-0.3, -0.25) is 0 Å². The van der Waals surface area contributed by atoms with Crippen LogP contribution in [0.1, 0.15) is 33.3 Å². The van der Waals surface area contributed by atoms with Gasteiger partial charge in [-0.05, 0) is 33.8 Å². The first kappa shape index (κ1) is 11.2. The molecule has 1 aromatic rings. The molecular formula is C11H14BNO3. The number of rotatable bonds is 1. The average molecular weight is 219 g/mol. The highest BCUT2D eigenvalue weighted by Crippen LogP contribution is 2.36. The molecule has 0 saturated carbocycles. The highest BCUT2D eigenvalue weighted by Gasteiger charge is 2.53. The SMILES string of the molecule is CC1(C)OB(c2occc2C#N)OC1(C)C. The molecule has 0 aliphatic carbocycles. The van der Waals surface area contributed by atoms with Gasteiger partial charge < -0.3 is 13.7 Å². The predicted molar refractivity (Wildman–Crippen MR) is 59.1 cm³/mol. The molecule has 5 heteroatoms. The molecule has 16 heavy (non-hydrogen) atoms. The highest BCUT2D eigenvalue weighted by atomic mass is 16.7. The smallest absolute Gasteiger partial charge is 0.471 e. The first-order valence-electron chi connectivity index (χ1n) is 5.20. The van der Waals surface area contributed by atoms with Gasteiger partial charge in [0.2, 0.25) is 0 Å². The second kappa shape index (κ2) is 3.37. The van der Waals surface area contributed by atoms with Gasteiger partial charge in [0.25, 0.3) is 0 Å². The normalized spacial score (nSPS) is 22.1. The van der Waals surface area contributed by atoms with Crippen LogP contribution in [-0.2, 0) is 9.31 Å². The van der Waals surface area contributed by atoms with E-state index in [4.69, 9.17) is 19.0 Å². The van der Waals surface area contributed by atoms with Crippen LogP contribution in [0.4, 0.5) is 0 Å². The Bertz CT molecular complexity index is 428. The largest absolute Gasteiger partial charge is 0.534 e. The Morgan fingerprint density at radius 1 is 1.19 bits per heavy atom. The van der Waals surface area contributed by atoms with Crippen molar-refractivity contribution in [3.05, 3.63) is 17.9 Å². The molecule has 4 nitrogen and oxygen atoms in total. The molecule has 2 heterocycles. The third-order valence-corrected chi connectivity index (χ3v) is 3.28. The number of hydrogen-bond acceptors (Lipinski definition) is 4. The van der Waals surface area contributed by atoms with Crippen LogP contribution in [0.25, 0.3) is 0 Å². The van der Waals surface area contributed by atoms with E-state index in [9.17, 15) is 0 Å². The summed E-state index contributed by atoms with van der Waals surface area (Å²) in [6.45, 7) is 7.84. The lowest BCUT2D eigenvalue weighted by molar-refractivity contribution is 0.00578. The van der Waals surface area contributed by atoms with Gasteiger partial charge in [0, 0.05) is 0 Å². The highest BCUT2D eigenvalue weighted by molar-refractivity contribution is 6.61. The molecular weight excluding hydrogens is 205 g/mol. The molecule has 1 aromatic heterocycles. The lowest BCUT2D eigenvalue weighted by Crippen LogP contribution is -2.41. The van der Waals surface area contributed by atoms with Gasteiger partial charge in [-0.25, -0.2) is 0 Å². The predicted octanol–water partition coefficient (Wildman–Crippen LogP) is 1.45. The lowest BCUT2D eigenvalue weighted by Gasteiger charge is -2.32. The van der Waals surface area contributed by atoms with E-state index in [1.807, 2.05) is 27.7 Å². The molecule has 1 aliphatic heterocycles. The van der Waals surface area contributed by atoms with E-state index < -0.39 is 18.3 Å². The van der Waals surface area contributed by atoms with Crippen molar-refractivity contribution in [2.45, 2.75) is 38.9 Å². The van der Waals surface area contributed by atoms with Crippen molar-refractivity contribution in [2.24, 2.45) is 0 Å². The number of furan rings is 1. The summed E-state index contributed by atoms with van der Waals surface area (Å²) in [5, 5.41) is 8.91. The summed E-state index contributed by atoms with van der Waals surface area (Å²) in [5.41, 5.74) is 0.0635. The van der Waals surface area contributed by atoms with Gasteiger partial charge in [0.15, 0.2) is 5.66 Å². The maximum atomic E-state index is 8.91. The monoisotopic (exact) mass is 219 g/mol. The molecule has 0 unspecified atom stereocenters. The van der Waals surface area contributed by atoms with E-state index in [1.54, 1.807) is 6.07 Å². The first-order chi connectivity index (χ1) is 7.37. The Morgan fingerprint density at radius 2 is 1.75 bits per heavy atom. The fourth-order valence-corrected chi connectivity index (χ4v) is 1.55. The zero-order chi connectivity index (χ0) is 12.0. The Balaban J connectivity index is 2.31. The van der Waals surface area contributed by atoms with Gasteiger partial charge in [-0.15, -0.1) is 0 Å². The van der Waals surface area contributed by atoms with E-state index in [0.29, 0.717) is 11.2 Å². The van der Waals surface area contributed by atoms with Crippen LogP contribution in [0.15, 0.2) is 16.7 Å². The summed E-state index contributed by atoms with van der Waals surface area (Å²) in [5.74, 6) is 0. The Kier molecular flexibility index (Phi) is 2.37. The summed E-state index contributed by atoms with van der Waals surface area (Å²) >= 11 is 0. The van der Waals surface area contributed by atoms with Gasteiger partial charge in [0.1, 0.15) is 6.07 Å². The molecule has 0 amide bonds. The molecule has 0 N–H and O–H groups in total. The van der Waals surface area contributed by atoms with Crippen LogP contribution >= 0.6 is 0 Å². The second-order valence-corrected chi connectivity index (χ2v) is 4.90. The average Bonchev–Trinajstić information content (AvgIpc) is 2.69. The van der Waals surface area contributed by atoms with Crippen LogP contribution in [0.5, 0.6) is 0 Å². The molecule has 0 spiro atoms. The molecule has 0 radical (unpaired) electrons. The molecule has 84 valence electrons. The van der Waals surface area contributed by atoms with Crippen LogP contribution in [0.3, 0.4) is 0 Å². The third-order valence-electron chi connectivity index (χ3n) is 3.28. The van der Waals surface area contributed by atoms with E-state index in [2.05, 4.69) is 6.07 Å². The topological polar surface area (TPSA) is 55.4 Å². The van der Waals surface area contributed by atoms with Crippen LogP contribution in [0, 0.1) is 11.3 Å². The fraction of sp³-hybridized carbons (Fsp3) is 0.545.